The van der Waals surface area contributed by atoms with Crippen LogP contribution in [0.5, 0.6) is 0 Å². The monoisotopic (exact) mass is 537 g/mol. The molecule has 2 heterocycles. The van der Waals surface area contributed by atoms with Crippen LogP contribution in [-0.2, 0) is 11.0 Å². The SMILES string of the molecule is CC/C=C(\C(=O)NC1CCC(N(C)c2cc(C(F)(F)F)nc3ccc(Cl)cc23)CC1)c1csc(N)n1. The lowest BCUT2D eigenvalue weighted by Crippen LogP contribution is -2.43. The fourth-order valence-corrected chi connectivity index (χ4v) is 5.35. The number of hydrogen-bond acceptors (Lipinski definition) is 6. The third kappa shape index (κ3) is 5.75. The van der Waals surface area contributed by atoms with Crippen LogP contribution >= 0.6 is 22.9 Å². The summed E-state index contributed by atoms with van der Waals surface area (Å²) in [7, 11) is 1.80. The van der Waals surface area contributed by atoms with Crippen LogP contribution in [0.25, 0.3) is 16.5 Å². The summed E-state index contributed by atoms with van der Waals surface area (Å²) < 4.78 is 40.6. The summed E-state index contributed by atoms with van der Waals surface area (Å²) in [5.74, 6) is -0.191. The summed E-state index contributed by atoms with van der Waals surface area (Å²) in [6, 6.07) is 5.76. The second kappa shape index (κ2) is 10.6. The van der Waals surface area contributed by atoms with Gasteiger partial charge in [-0.2, -0.15) is 13.2 Å². The summed E-state index contributed by atoms with van der Waals surface area (Å²) in [5, 5.41) is 6.28. The first-order valence-corrected chi connectivity index (χ1v) is 12.9. The maximum absolute atomic E-state index is 13.5. The number of nitrogens with one attached hydrogen (secondary N) is 1. The van der Waals surface area contributed by atoms with Gasteiger partial charge in [-0.1, -0.05) is 24.6 Å². The first-order valence-electron chi connectivity index (χ1n) is 11.7. The number of rotatable bonds is 6. The van der Waals surface area contributed by atoms with E-state index in [1.54, 1.807) is 18.5 Å². The number of carbonyl (C=O) groups excluding carboxylic acids is 1. The number of fused-ring (bicyclic) bond motifs is 1. The number of allylic oxidation sites excluding steroid dienone is 1. The van der Waals surface area contributed by atoms with Gasteiger partial charge in [-0.3, -0.25) is 4.79 Å². The molecule has 0 radical (unpaired) electrons. The smallest absolute Gasteiger partial charge is 0.375 e. The molecule has 1 aromatic carbocycles. The maximum Gasteiger partial charge on any atom is 0.433 e. The number of alkyl halides is 3. The van der Waals surface area contributed by atoms with Crippen LogP contribution in [0.15, 0.2) is 35.7 Å². The number of amides is 1. The molecule has 1 fully saturated rings. The normalized spacial score (nSPS) is 18.9. The molecule has 3 aromatic rings. The molecular formula is C25H27ClF3N5OS. The van der Waals surface area contributed by atoms with Crippen LogP contribution in [-0.4, -0.2) is 35.0 Å². The summed E-state index contributed by atoms with van der Waals surface area (Å²) in [4.78, 5) is 22.9. The number of nitrogen functional groups attached to an aromatic ring is 1. The van der Waals surface area contributed by atoms with Crippen molar-refractivity contribution in [2.24, 2.45) is 0 Å². The standard InChI is InChI=1S/C25H27ClF3N5OS/c1-3-4-17(20-13-36-24(30)33-20)23(35)31-15-6-8-16(9-7-15)34(2)21-12-22(25(27,28)29)32-19-10-5-14(26)11-18(19)21/h4-5,10-13,15-16H,3,6-9H2,1-2H3,(H2,30,33)(H,31,35)/b17-4-. The lowest BCUT2D eigenvalue weighted by atomic mass is 9.89. The van der Waals surface area contributed by atoms with Gasteiger partial charge in [-0.05, 0) is 56.4 Å². The zero-order valence-corrected chi connectivity index (χ0v) is 21.5. The fraction of sp³-hybridized carbons (Fsp3) is 0.400. The van der Waals surface area contributed by atoms with Crippen molar-refractivity contribution in [3.05, 3.63) is 52.1 Å². The summed E-state index contributed by atoms with van der Waals surface area (Å²) in [6.45, 7) is 1.95. The maximum atomic E-state index is 13.5. The van der Waals surface area contributed by atoms with Gasteiger partial charge in [0.25, 0.3) is 5.91 Å². The van der Waals surface area contributed by atoms with Crippen LogP contribution in [0.1, 0.15) is 50.4 Å². The first kappa shape index (κ1) is 26.2. The molecule has 0 aliphatic heterocycles. The number of anilines is 2. The summed E-state index contributed by atoms with van der Waals surface area (Å²) >= 11 is 7.43. The predicted molar refractivity (Wildman–Crippen MR) is 139 cm³/mol. The molecule has 3 N–H and O–H groups in total. The molecule has 0 atom stereocenters. The zero-order chi connectivity index (χ0) is 26.0. The molecule has 1 aliphatic rings. The molecule has 0 saturated heterocycles. The number of halogens is 4. The Morgan fingerprint density at radius 2 is 1.97 bits per heavy atom. The lowest BCUT2D eigenvalue weighted by Gasteiger charge is -2.37. The summed E-state index contributed by atoms with van der Waals surface area (Å²) in [5.41, 5.74) is 6.56. The molecule has 0 unspecified atom stereocenters. The Kier molecular flexibility index (Phi) is 7.75. The topological polar surface area (TPSA) is 84.1 Å². The van der Waals surface area contributed by atoms with Gasteiger partial charge in [-0.15, -0.1) is 11.3 Å². The van der Waals surface area contributed by atoms with Gasteiger partial charge in [0.1, 0.15) is 5.69 Å². The Balaban J connectivity index is 1.48. The Morgan fingerprint density at radius 1 is 1.25 bits per heavy atom. The van der Waals surface area contributed by atoms with Gasteiger partial charge in [0, 0.05) is 40.6 Å². The van der Waals surface area contributed by atoms with Crippen molar-refractivity contribution in [3.63, 3.8) is 0 Å². The fourth-order valence-electron chi connectivity index (χ4n) is 4.61. The van der Waals surface area contributed by atoms with Crippen LogP contribution in [0.3, 0.4) is 0 Å². The quantitative estimate of drug-likeness (QED) is 0.360. The number of nitrogens with zero attached hydrogens (tertiary/aromatic N) is 3. The molecule has 0 spiro atoms. The minimum atomic E-state index is -4.56. The molecule has 2 aromatic heterocycles. The Labute approximate surface area is 216 Å². The van der Waals surface area contributed by atoms with E-state index in [9.17, 15) is 18.0 Å². The Hall–Kier alpha value is -2.85. The van der Waals surface area contributed by atoms with E-state index in [1.165, 1.54) is 23.5 Å². The molecule has 0 bridgehead atoms. The first-order chi connectivity index (χ1) is 17.1. The van der Waals surface area contributed by atoms with Crippen molar-refractivity contribution in [1.29, 1.82) is 0 Å². The predicted octanol–water partition coefficient (Wildman–Crippen LogP) is 6.30. The number of benzene rings is 1. The highest BCUT2D eigenvalue weighted by Crippen LogP contribution is 2.37. The largest absolute Gasteiger partial charge is 0.433 e. The highest BCUT2D eigenvalue weighted by molar-refractivity contribution is 7.13. The van der Waals surface area contributed by atoms with Gasteiger partial charge >= 0.3 is 6.18 Å². The summed E-state index contributed by atoms with van der Waals surface area (Å²) in [6.07, 6.45) is 0.789. The number of carbonyl (C=O) groups is 1. The third-order valence-corrected chi connectivity index (χ3v) is 7.36. The van der Waals surface area contributed by atoms with Gasteiger partial charge in [0.05, 0.1) is 16.8 Å². The van der Waals surface area contributed by atoms with E-state index in [2.05, 4.69) is 15.3 Å². The number of hydrogen-bond donors (Lipinski definition) is 2. The van der Waals surface area contributed by atoms with Crippen molar-refractivity contribution >= 4 is 56.1 Å². The van der Waals surface area contributed by atoms with E-state index in [1.807, 2.05) is 17.9 Å². The average Bonchev–Trinajstić information content (AvgIpc) is 3.27. The van der Waals surface area contributed by atoms with E-state index in [-0.39, 0.29) is 23.5 Å². The molecule has 11 heteroatoms. The van der Waals surface area contributed by atoms with Crippen molar-refractivity contribution in [2.45, 2.75) is 57.3 Å². The van der Waals surface area contributed by atoms with Crippen molar-refractivity contribution in [1.82, 2.24) is 15.3 Å². The molecule has 1 aliphatic carbocycles. The van der Waals surface area contributed by atoms with E-state index in [4.69, 9.17) is 17.3 Å². The third-order valence-electron chi connectivity index (χ3n) is 6.45. The van der Waals surface area contributed by atoms with Crippen molar-refractivity contribution < 1.29 is 18.0 Å². The second-order valence-corrected chi connectivity index (χ2v) is 10.2. The van der Waals surface area contributed by atoms with Crippen molar-refractivity contribution in [3.8, 4) is 0 Å². The van der Waals surface area contributed by atoms with Crippen molar-refractivity contribution in [2.75, 3.05) is 17.7 Å². The Morgan fingerprint density at radius 3 is 2.58 bits per heavy atom. The minimum Gasteiger partial charge on any atom is -0.375 e. The molecule has 192 valence electrons. The van der Waals surface area contributed by atoms with E-state index in [0.717, 1.165) is 6.07 Å². The zero-order valence-electron chi connectivity index (χ0n) is 19.9. The number of pyridine rings is 1. The molecule has 6 nitrogen and oxygen atoms in total. The molecule has 4 rings (SSSR count). The van der Waals surface area contributed by atoms with Crippen LogP contribution in [0.2, 0.25) is 5.02 Å². The Bertz CT molecular complexity index is 1280. The lowest BCUT2D eigenvalue weighted by molar-refractivity contribution is -0.140. The minimum absolute atomic E-state index is 0.00723. The second-order valence-electron chi connectivity index (χ2n) is 8.87. The highest BCUT2D eigenvalue weighted by Gasteiger charge is 2.35. The van der Waals surface area contributed by atoms with Gasteiger partial charge in [0.2, 0.25) is 0 Å². The van der Waals surface area contributed by atoms with Gasteiger partial charge in [-0.25, -0.2) is 9.97 Å². The highest BCUT2D eigenvalue weighted by atomic mass is 35.5. The number of aromatic nitrogens is 2. The number of thiazole rings is 1. The van der Waals surface area contributed by atoms with E-state index in [0.29, 0.717) is 64.6 Å². The van der Waals surface area contributed by atoms with Gasteiger partial charge < -0.3 is 16.0 Å². The number of nitrogens with two attached hydrogens (primary N) is 1. The average molecular weight is 538 g/mol. The van der Waals surface area contributed by atoms with E-state index < -0.39 is 11.9 Å². The molecular weight excluding hydrogens is 511 g/mol. The molecule has 36 heavy (non-hydrogen) atoms. The van der Waals surface area contributed by atoms with E-state index >= 15 is 0 Å². The molecule has 1 saturated carbocycles. The van der Waals surface area contributed by atoms with Gasteiger partial charge in [0.15, 0.2) is 5.13 Å². The molecule has 1 amide bonds. The van der Waals surface area contributed by atoms with Crippen LogP contribution < -0.4 is 16.0 Å². The van der Waals surface area contributed by atoms with Crippen LogP contribution in [0.4, 0.5) is 24.0 Å². The van der Waals surface area contributed by atoms with Crippen LogP contribution in [0, 0.1) is 0 Å².